The highest BCUT2D eigenvalue weighted by molar-refractivity contribution is 7.87. The lowest BCUT2D eigenvalue weighted by Gasteiger charge is -2.53. The first-order chi connectivity index (χ1) is 20.0. The zero-order valence-corrected chi connectivity index (χ0v) is 29.4. The zero-order valence-electron chi connectivity index (χ0n) is 26.8. The molecule has 0 bridgehead atoms. The van der Waals surface area contributed by atoms with E-state index in [1.165, 1.54) is 12.1 Å². The molecule has 0 saturated carbocycles. The van der Waals surface area contributed by atoms with Crippen molar-refractivity contribution in [2.45, 2.75) is 113 Å². The third-order valence-electron chi connectivity index (χ3n) is 7.93. The molecule has 43 heavy (non-hydrogen) atoms. The predicted octanol–water partition coefficient (Wildman–Crippen LogP) is 5.66. The molecule has 248 valence electrons. The van der Waals surface area contributed by atoms with Crippen LogP contribution >= 0.6 is 0 Å². The molecule has 4 atom stereocenters. The Morgan fingerprint density at radius 2 is 1.47 bits per heavy atom. The summed E-state index contributed by atoms with van der Waals surface area (Å²) in [5, 5.41) is 0. The Morgan fingerprint density at radius 3 is 1.93 bits per heavy atom. The van der Waals surface area contributed by atoms with Gasteiger partial charge in [-0.2, -0.15) is 30.0 Å². The largest absolute Gasteiger partial charge is 0.523 e. The van der Waals surface area contributed by atoms with Gasteiger partial charge >= 0.3 is 32.7 Å². The highest BCUT2D eigenvalue weighted by atomic mass is 32.2. The topological polar surface area (TPSA) is 124 Å². The van der Waals surface area contributed by atoms with Crippen LogP contribution in [0.4, 0.5) is 13.2 Å². The van der Waals surface area contributed by atoms with Crippen molar-refractivity contribution in [3.8, 4) is 0 Å². The zero-order chi connectivity index (χ0) is 33.7. The van der Waals surface area contributed by atoms with Gasteiger partial charge in [-0.3, -0.25) is 8.37 Å². The number of hydrogen-bond acceptors (Lipinski definition) is 10. The van der Waals surface area contributed by atoms with Crippen LogP contribution in [0.25, 0.3) is 0 Å². The van der Waals surface area contributed by atoms with E-state index in [-0.39, 0.29) is 27.1 Å². The molecule has 2 fully saturated rings. The van der Waals surface area contributed by atoms with Gasteiger partial charge in [0.25, 0.3) is 10.1 Å². The van der Waals surface area contributed by atoms with E-state index in [1.54, 1.807) is 19.1 Å². The van der Waals surface area contributed by atoms with Crippen molar-refractivity contribution < 1.29 is 57.4 Å². The maximum absolute atomic E-state index is 13.5. The first-order valence-corrected chi connectivity index (χ1v) is 20.8. The lowest BCUT2D eigenvalue weighted by Crippen LogP contribution is -2.69. The summed E-state index contributed by atoms with van der Waals surface area (Å²) < 4.78 is 136. The van der Waals surface area contributed by atoms with Crippen molar-refractivity contribution in [1.82, 2.24) is 0 Å². The van der Waals surface area contributed by atoms with Crippen LogP contribution in [0, 0.1) is 6.92 Å². The second kappa shape index (κ2) is 12.7. The molecule has 0 amide bonds. The number of benzene rings is 1. The summed E-state index contributed by atoms with van der Waals surface area (Å²) in [6, 6.07) is 5.78. The summed E-state index contributed by atoms with van der Waals surface area (Å²) in [5.74, 6) is 0. The number of halogens is 3. The molecule has 17 heteroatoms. The summed E-state index contributed by atoms with van der Waals surface area (Å²) in [6.07, 6.45) is -3.91. The summed E-state index contributed by atoms with van der Waals surface area (Å²) in [4.78, 5) is -0.193. The van der Waals surface area contributed by atoms with Crippen LogP contribution in [0.15, 0.2) is 29.2 Å². The fourth-order valence-corrected chi connectivity index (χ4v) is 18.3. The quantitative estimate of drug-likeness (QED) is 0.172. The molecule has 0 spiro atoms. The Labute approximate surface area is 256 Å². The number of hydrogen-bond donors (Lipinski definition) is 0. The van der Waals surface area contributed by atoms with Gasteiger partial charge in [-0.1, -0.05) is 73.1 Å². The first kappa shape index (κ1) is 35.0. The molecule has 10 nitrogen and oxygen atoms in total. The Kier molecular flexibility index (Phi) is 10.3. The Balaban J connectivity index is 2.24. The van der Waals surface area contributed by atoms with Crippen LogP contribution in [0.1, 0.15) is 62.3 Å². The molecular formula is C26H43F3O10S2Si2. The van der Waals surface area contributed by atoms with E-state index in [2.05, 4.69) is 4.18 Å². The van der Waals surface area contributed by atoms with Gasteiger partial charge in [-0.15, -0.1) is 0 Å². The van der Waals surface area contributed by atoms with Gasteiger partial charge in [0.1, 0.15) is 24.4 Å². The van der Waals surface area contributed by atoms with E-state index in [4.69, 9.17) is 23.3 Å². The van der Waals surface area contributed by atoms with Gasteiger partial charge in [-0.05, 0) is 41.2 Å². The van der Waals surface area contributed by atoms with Crippen molar-refractivity contribution in [3.05, 3.63) is 29.8 Å². The van der Waals surface area contributed by atoms with Gasteiger partial charge in [-0.25, -0.2) is 0 Å². The molecule has 2 aliphatic heterocycles. The monoisotopic (exact) mass is 694 g/mol. The van der Waals surface area contributed by atoms with Crippen LogP contribution in [0.5, 0.6) is 0 Å². The smallest absolute Gasteiger partial charge is 0.414 e. The molecular weight excluding hydrogens is 650 g/mol. The fraction of sp³-hybridized carbons (Fsp3) is 0.769. The van der Waals surface area contributed by atoms with Crippen molar-refractivity contribution in [2.24, 2.45) is 0 Å². The number of rotatable bonds is 10. The summed E-state index contributed by atoms with van der Waals surface area (Å²) in [6.45, 7) is 13.3. The molecule has 2 aliphatic rings. The maximum Gasteiger partial charge on any atom is 0.523 e. The minimum Gasteiger partial charge on any atom is -0.414 e. The van der Waals surface area contributed by atoms with E-state index in [0.717, 1.165) is 5.56 Å². The van der Waals surface area contributed by atoms with Crippen molar-refractivity contribution in [1.29, 1.82) is 0 Å². The van der Waals surface area contributed by atoms with Gasteiger partial charge < -0.3 is 17.7 Å². The van der Waals surface area contributed by atoms with Crippen LogP contribution in [0.3, 0.4) is 0 Å². The van der Waals surface area contributed by atoms with Gasteiger partial charge in [0.05, 0.1) is 19.5 Å². The molecule has 1 aromatic carbocycles. The second-order valence-electron chi connectivity index (χ2n) is 12.3. The van der Waals surface area contributed by atoms with Crippen molar-refractivity contribution in [2.75, 3.05) is 19.8 Å². The highest BCUT2D eigenvalue weighted by Gasteiger charge is 2.66. The van der Waals surface area contributed by atoms with Crippen LogP contribution < -0.4 is 0 Å². The van der Waals surface area contributed by atoms with Gasteiger partial charge in [0, 0.05) is 0 Å². The lowest BCUT2D eigenvalue weighted by atomic mass is 9.98. The van der Waals surface area contributed by atoms with E-state index in [9.17, 15) is 30.0 Å². The Morgan fingerprint density at radius 1 is 0.953 bits per heavy atom. The fourth-order valence-electron chi connectivity index (χ4n) is 5.46. The first-order valence-electron chi connectivity index (χ1n) is 14.6. The highest BCUT2D eigenvalue weighted by Crippen LogP contribution is 2.50. The minimum atomic E-state index is -6.23. The Hall–Kier alpha value is -0.896. The van der Waals surface area contributed by atoms with E-state index in [1.807, 2.05) is 55.4 Å². The molecule has 0 radical (unpaired) electrons. The third-order valence-corrected chi connectivity index (χ3v) is 20.5. The minimum absolute atomic E-state index is 0.174. The normalized spacial score (nSPS) is 28.7. The van der Waals surface area contributed by atoms with Crippen LogP contribution in [-0.2, 0) is 46.3 Å². The second-order valence-corrected chi connectivity index (χ2v) is 24.3. The summed E-state index contributed by atoms with van der Waals surface area (Å²) in [5.41, 5.74) is -8.14. The molecule has 2 saturated heterocycles. The maximum atomic E-state index is 13.5. The SMILES string of the molecule is [3H]C1O[C@]2(COS(=O)(=O)c3ccc(C)cc3)CO[Si](C(C)C)(C(C)C)O[Si](C(C)C)(C(C)C)OC2[C@H]1OS(=O)(=O)C(F)(F)F. The van der Waals surface area contributed by atoms with E-state index >= 15 is 0 Å². The third kappa shape index (κ3) is 7.10. The van der Waals surface area contributed by atoms with Crippen LogP contribution in [0.2, 0.25) is 22.2 Å². The summed E-state index contributed by atoms with van der Waals surface area (Å²) >= 11 is 0. The molecule has 3 rings (SSSR count). The average Bonchev–Trinajstić information content (AvgIpc) is 3.11. The van der Waals surface area contributed by atoms with E-state index < -0.39 is 80.5 Å². The lowest BCUT2D eigenvalue weighted by molar-refractivity contribution is -0.124. The van der Waals surface area contributed by atoms with Gasteiger partial charge in [0.15, 0.2) is 0 Å². The molecule has 2 unspecified atom stereocenters. The molecule has 0 aliphatic carbocycles. The number of aryl methyl sites for hydroxylation is 1. The number of ether oxygens (including phenoxy) is 1. The van der Waals surface area contributed by atoms with Gasteiger partial charge in [0.2, 0.25) is 0 Å². The van der Waals surface area contributed by atoms with Crippen molar-refractivity contribution >= 4 is 37.4 Å². The summed E-state index contributed by atoms with van der Waals surface area (Å²) in [7, 11) is -17.6. The standard InChI is InChI=1S/C26H43F3O10S2Si2/c1-17(2)42(18(3)4)36-16-25(15-35-40(30,31)22-12-10-21(9)11-13-22)24(38-43(39-42,19(5)6)20(7)8)23(14-34-25)37-41(32,33)26(27,28)29/h10-13,17-20,23-24H,14-16H2,1-9H3/t23-,24?,25+/m0/s1/i14T/t14?,23-,24?,25+. The number of alkyl halides is 3. The van der Waals surface area contributed by atoms with E-state index in [0.29, 0.717) is 0 Å². The molecule has 0 N–H and O–H groups in total. The predicted molar refractivity (Wildman–Crippen MR) is 157 cm³/mol. The van der Waals surface area contributed by atoms with Crippen molar-refractivity contribution in [3.63, 3.8) is 0 Å². The molecule has 0 aromatic heterocycles. The Bertz CT molecular complexity index is 1360. The van der Waals surface area contributed by atoms with Crippen LogP contribution in [-0.4, -0.2) is 77.1 Å². The number of fused-ring (bicyclic) bond motifs is 1. The molecule has 2 heterocycles. The molecule has 1 aromatic rings. The average molecular weight is 695 g/mol.